The number of allylic oxidation sites excluding steroid dienone is 1. The monoisotopic (exact) mass is 447 g/mol. The SMILES string of the molecule is C=CC[Si](C)(C)C.CCCCCCCCCCCCCCCCCC[NH+](C)C.[Cl-]. The molecule has 0 fully saturated rings. The molecule has 0 unspecified atom stereocenters. The van der Waals surface area contributed by atoms with Crippen molar-refractivity contribution in [3.8, 4) is 0 Å². The molecule has 0 aliphatic heterocycles. The molecule has 0 aromatic rings. The van der Waals surface area contributed by atoms with Gasteiger partial charge < -0.3 is 17.3 Å². The standard InChI is InChI=1S/C20H43N.C6H14Si.ClH/c1-4-5-6-7-8-9-10-11-12-13-14-15-16-17-18-19-20-21(2)3;1-5-6-7(2,3)4;/h4-20H2,1-3H3;5H,1,6H2,2-4H3;1H. The van der Waals surface area contributed by atoms with E-state index in [1.807, 2.05) is 6.08 Å². The van der Waals surface area contributed by atoms with Gasteiger partial charge in [-0.25, -0.2) is 0 Å². The summed E-state index contributed by atoms with van der Waals surface area (Å²) in [6.45, 7) is 14.3. The van der Waals surface area contributed by atoms with Crippen LogP contribution in [0.4, 0.5) is 0 Å². The third kappa shape index (κ3) is 39.3. The van der Waals surface area contributed by atoms with Crippen molar-refractivity contribution in [2.24, 2.45) is 0 Å². The highest BCUT2D eigenvalue weighted by Crippen LogP contribution is 2.13. The summed E-state index contributed by atoms with van der Waals surface area (Å²) in [5.74, 6) is 0. The van der Waals surface area contributed by atoms with E-state index in [1.54, 1.807) is 4.90 Å². The number of unbranched alkanes of at least 4 members (excludes halogenated alkanes) is 15. The molecule has 0 aromatic carbocycles. The van der Waals surface area contributed by atoms with Crippen molar-refractivity contribution in [2.75, 3.05) is 20.6 Å². The van der Waals surface area contributed by atoms with E-state index in [9.17, 15) is 0 Å². The summed E-state index contributed by atoms with van der Waals surface area (Å²) in [5.41, 5.74) is 0. The molecule has 0 saturated carbocycles. The van der Waals surface area contributed by atoms with Crippen LogP contribution in [0.3, 0.4) is 0 Å². The quantitative estimate of drug-likeness (QED) is 0.163. The molecule has 0 saturated heterocycles. The van der Waals surface area contributed by atoms with E-state index in [2.05, 4.69) is 47.2 Å². The van der Waals surface area contributed by atoms with E-state index in [-0.39, 0.29) is 12.4 Å². The van der Waals surface area contributed by atoms with Crippen LogP contribution in [0, 0.1) is 0 Å². The number of rotatable bonds is 19. The predicted molar refractivity (Wildman–Crippen MR) is 136 cm³/mol. The average molecular weight is 448 g/mol. The lowest BCUT2D eigenvalue weighted by Gasteiger charge is -2.10. The lowest BCUT2D eigenvalue weighted by molar-refractivity contribution is -0.858. The molecule has 0 amide bonds. The molecule has 1 nitrogen and oxygen atoms in total. The summed E-state index contributed by atoms with van der Waals surface area (Å²) in [5, 5.41) is 0. The normalized spacial score (nSPS) is 11.0. The van der Waals surface area contributed by atoms with Crippen LogP contribution in [0.25, 0.3) is 0 Å². The molecular weight excluding hydrogens is 390 g/mol. The third-order valence-electron chi connectivity index (χ3n) is 5.29. The van der Waals surface area contributed by atoms with Gasteiger partial charge in [0.15, 0.2) is 0 Å². The molecular formula is C26H58ClNSi. The maximum absolute atomic E-state index is 3.68. The highest BCUT2D eigenvalue weighted by molar-refractivity contribution is 6.76. The summed E-state index contributed by atoms with van der Waals surface area (Å²) in [6, 6.07) is 1.24. The molecule has 0 heterocycles. The van der Waals surface area contributed by atoms with Crippen LogP contribution >= 0.6 is 0 Å². The van der Waals surface area contributed by atoms with Crippen molar-refractivity contribution in [2.45, 2.75) is 135 Å². The third-order valence-corrected chi connectivity index (χ3v) is 6.80. The number of quaternary nitrogens is 1. The maximum atomic E-state index is 3.68. The Balaban J connectivity index is -0.000000721. The summed E-state index contributed by atoms with van der Waals surface area (Å²) in [6.07, 6.45) is 25.4. The van der Waals surface area contributed by atoms with E-state index >= 15 is 0 Å². The average Bonchev–Trinajstić information content (AvgIpc) is 2.60. The van der Waals surface area contributed by atoms with E-state index in [0.717, 1.165) is 0 Å². The summed E-state index contributed by atoms with van der Waals surface area (Å²) >= 11 is 0. The molecule has 0 radical (unpaired) electrons. The molecule has 0 bridgehead atoms. The maximum Gasteiger partial charge on any atom is 0.0766 e. The smallest absolute Gasteiger partial charge is 0.0766 e. The second kappa shape index (κ2) is 26.2. The minimum atomic E-state index is -0.775. The Morgan fingerprint density at radius 3 is 1.14 bits per heavy atom. The van der Waals surface area contributed by atoms with Crippen LogP contribution < -0.4 is 17.3 Å². The molecule has 29 heavy (non-hydrogen) atoms. The first-order chi connectivity index (χ1) is 13.3. The van der Waals surface area contributed by atoms with Gasteiger partial charge in [-0.3, -0.25) is 0 Å². The molecule has 0 aliphatic rings. The van der Waals surface area contributed by atoms with Crippen LogP contribution in [0.15, 0.2) is 12.7 Å². The molecule has 178 valence electrons. The fourth-order valence-corrected chi connectivity index (χ4v) is 4.33. The molecule has 0 rings (SSSR count). The summed E-state index contributed by atoms with van der Waals surface area (Å²) in [7, 11) is 3.74. The van der Waals surface area contributed by atoms with Gasteiger partial charge in [-0.1, -0.05) is 123 Å². The van der Waals surface area contributed by atoms with E-state index in [1.165, 1.54) is 115 Å². The Labute approximate surface area is 193 Å². The van der Waals surface area contributed by atoms with Gasteiger partial charge >= 0.3 is 0 Å². The van der Waals surface area contributed by atoms with Gasteiger partial charge in [-0.05, 0) is 18.9 Å². The first-order valence-electron chi connectivity index (χ1n) is 12.7. The predicted octanol–water partition coefficient (Wildman–Crippen LogP) is 4.91. The Hall–Kier alpha value is 0.207. The highest BCUT2D eigenvalue weighted by Gasteiger charge is 2.08. The molecule has 0 atom stereocenters. The molecule has 3 heteroatoms. The van der Waals surface area contributed by atoms with Gasteiger partial charge in [0, 0.05) is 8.07 Å². The van der Waals surface area contributed by atoms with Crippen LogP contribution in [0.2, 0.25) is 25.7 Å². The Bertz CT molecular complexity index is 300. The Morgan fingerprint density at radius 1 is 0.621 bits per heavy atom. The minimum absolute atomic E-state index is 0. The zero-order valence-electron chi connectivity index (χ0n) is 21.4. The molecule has 0 spiro atoms. The van der Waals surface area contributed by atoms with E-state index in [4.69, 9.17) is 0 Å². The largest absolute Gasteiger partial charge is 1.00 e. The van der Waals surface area contributed by atoms with E-state index in [0.29, 0.717) is 0 Å². The van der Waals surface area contributed by atoms with Gasteiger partial charge in [-0.15, -0.1) is 6.58 Å². The van der Waals surface area contributed by atoms with Gasteiger partial charge in [-0.2, -0.15) is 0 Å². The van der Waals surface area contributed by atoms with Gasteiger partial charge in [0.1, 0.15) is 0 Å². The number of hydrogen-bond acceptors (Lipinski definition) is 0. The second-order valence-electron chi connectivity index (χ2n) is 10.3. The topological polar surface area (TPSA) is 4.44 Å². The minimum Gasteiger partial charge on any atom is -1.00 e. The van der Waals surface area contributed by atoms with Gasteiger partial charge in [0.25, 0.3) is 0 Å². The van der Waals surface area contributed by atoms with Crippen LogP contribution in [0.5, 0.6) is 0 Å². The number of halogens is 1. The fourth-order valence-electron chi connectivity index (χ4n) is 3.46. The van der Waals surface area contributed by atoms with Crippen molar-refractivity contribution in [3.05, 3.63) is 12.7 Å². The van der Waals surface area contributed by atoms with Gasteiger partial charge in [0.05, 0.1) is 20.6 Å². The number of hydrogen-bond donors (Lipinski definition) is 1. The van der Waals surface area contributed by atoms with E-state index < -0.39 is 8.07 Å². The van der Waals surface area contributed by atoms with Crippen molar-refractivity contribution >= 4 is 8.07 Å². The lowest BCUT2D eigenvalue weighted by Crippen LogP contribution is -3.05. The van der Waals surface area contributed by atoms with Crippen LogP contribution in [-0.4, -0.2) is 28.7 Å². The van der Waals surface area contributed by atoms with Crippen molar-refractivity contribution < 1.29 is 17.3 Å². The summed E-state index contributed by atoms with van der Waals surface area (Å²) < 4.78 is 0. The van der Waals surface area contributed by atoms with Crippen molar-refractivity contribution in [3.63, 3.8) is 0 Å². The molecule has 0 aromatic heterocycles. The Kier molecular flexibility index (Phi) is 30.6. The van der Waals surface area contributed by atoms with Crippen LogP contribution in [-0.2, 0) is 0 Å². The van der Waals surface area contributed by atoms with Crippen LogP contribution in [0.1, 0.15) is 110 Å². The van der Waals surface area contributed by atoms with Crippen molar-refractivity contribution in [1.29, 1.82) is 0 Å². The molecule has 1 N–H and O–H groups in total. The zero-order valence-corrected chi connectivity index (χ0v) is 23.1. The second-order valence-corrected chi connectivity index (χ2v) is 15.8. The molecule has 0 aliphatic carbocycles. The lowest BCUT2D eigenvalue weighted by atomic mass is 10.0. The number of nitrogens with one attached hydrogen (secondary N) is 1. The Morgan fingerprint density at radius 2 is 0.931 bits per heavy atom. The van der Waals surface area contributed by atoms with Crippen molar-refractivity contribution in [1.82, 2.24) is 0 Å². The zero-order chi connectivity index (χ0) is 21.5. The first kappa shape index (κ1) is 33.8. The fraction of sp³-hybridized carbons (Fsp3) is 0.923. The first-order valence-corrected chi connectivity index (χ1v) is 16.4. The highest BCUT2D eigenvalue weighted by atomic mass is 35.5. The summed E-state index contributed by atoms with van der Waals surface area (Å²) in [4.78, 5) is 1.60. The van der Waals surface area contributed by atoms with Gasteiger partial charge in [0.2, 0.25) is 0 Å².